The van der Waals surface area contributed by atoms with E-state index in [0.29, 0.717) is 6.42 Å². The highest BCUT2D eigenvalue weighted by atomic mass is 32.2. The highest BCUT2D eigenvalue weighted by Crippen LogP contribution is 2.28. The minimum Gasteiger partial charge on any atom is -0.257 e. The molecule has 0 amide bonds. The summed E-state index contributed by atoms with van der Waals surface area (Å²) in [4.78, 5) is 0. The molecule has 3 nitrogen and oxygen atoms in total. The molecule has 9 heteroatoms. The predicted octanol–water partition coefficient (Wildman–Crippen LogP) is 4.63. The monoisotopic (exact) mass is 340 g/mol. The maximum atomic E-state index is 13.2. The van der Waals surface area contributed by atoms with Crippen molar-refractivity contribution in [2.75, 3.05) is 6.61 Å². The molecule has 0 aromatic heterocycles. The number of rotatable bonds is 11. The van der Waals surface area contributed by atoms with Crippen LogP contribution < -0.4 is 0 Å². The fourth-order valence-corrected chi connectivity index (χ4v) is 2.10. The van der Waals surface area contributed by atoms with Gasteiger partial charge in [0.1, 0.15) is 6.61 Å². The fourth-order valence-electron chi connectivity index (χ4n) is 1.64. The van der Waals surface area contributed by atoms with Gasteiger partial charge >= 0.3 is 15.6 Å². The van der Waals surface area contributed by atoms with Crippen molar-refractivity contribution in [3.05, 3.63) is 0 Å². The summed E-state index contributed by atoms with van der Waals surface area (Å²) in [6, 6.07) is 0. The zero-order valence-electron chi connectivity index (χ0n) is 11.9. The summed E-state index contributed by atoms with van der Waals surface area (Å²) in [5.41, 5.74) is -5.68. The number of unbranched alkanes of at least 4 members (excludes halogenated alkanes) is 6. The lowest BCUT2D eigenvalue weighted by Gasteiger charge is -2.16. The molecule has 0 aliphatic carbocycles. The molecule has 0 spiro atoms. The Kier molecular flexibility index (Phi) is 8.69. The maximum absolute atomic E-state index is 13.2. The summed E-state index contributed by atoms with van der Waals surface area (Å²) in [7, 11) is -5.96. The van der Waals surface area contributed by atoms with Crippen molar-refractivity contribution in [1.82, 2.24) is 0 Å². The topological polar surface area (TPSA) is 43.4 Å². The number of hydrogen-bond donors (Lipinski definition) is 0. The molecule has 0 bridgehead atoms. The average molecular weight is 340 g/mol. The molecule has 0 aromatic carbocycles. The zero-order chi connectivity index (χ0) is 16.6. The minimum absolute atomic E-state index is 0.120. The molecule has 0 saturated carbocycles. The van der Waals surface area contributed by atoms with Gasteiger partial charge in [0.05, 0.1) is 0 Å². The SMILES string of the molecule is CCCCCCCCCC(F)(F)COS(=O)(=O)C(F)(F)F. The molecular weight excluding hydrogens is 319 g/mol. The average Bonchev–Trinajstić information content (AvgIpc) is 2.34. The standard InChI is InChI=1S/C12H21F5O3S/c1-2-3-4-5-6-7-8-9-11(13,14)10-20-21(18,19)12(15,16)17/h2-10H2,1H3. The summed E-state index contributed by atoms with van der Waals surface area (Å²) in [6.45, 7) is 0.278. The van der Waals surface area contributed by atoms with Gasteiger partial charge in [0, 0.05) is 6.42 Å². The van der Waals surface area contributed by atoms with Crippen LogP contribution in [-0.4, -0.2) is 26.5 Å². The van der Waals surface area contributed by atoms with Gasteiger partial charge in [-0.15, -0.1) is 0 Å². The Bertz CT molecular complexity index is 379. The second-order valence-corrected chi connectivity index (χ2v) is 6.50. The van der Waals surface area contributed by atoms with Crippen LogP contribution in [0.3, 0.4) is 0 Å². The van der Waals surface area contributed by atoms with Crippen LogP contribution in [0.25, 0.3) is 0 Å². The molecule has 128 valence electrons. The van der Waals surface area contributed by atoms with E-state index in [1.807, 2.05) is 0 Å². The van der Waals surface area contributed by atoms with E-state index in [0.717, 1.165) is 32.1 Å². The van der Waals surface area contributed by atoms with Crippen molar-refractivity contribution in [2.45, 2.75) is 69.7 Å². The Morgan fingerprint density at radius 2 is 1.33 bits per heavy atom. The molecule has 0 fully saturated rings. The Morgan fingerprint density at radius 3 is 1.81 bits per heavy atom. The lowest BCUT2D eigenvalue weighted by molar-refractivity contribution is -0.0751. The van der Waals surface area contributed by atoms with E-state index >= 15 is 0 Å². The molecule has 0 aliphatic heterocycles. The number of alkyl halides is 5. The predicted molar refractivity (Wildman–Crippen MR) is 68.5 cm³/mol. The zero-order valence-corrected chi connectivity index (χ0v) is 12.7. The number of hydrogen-bond acceptors (Lipinski definition) is 3. The third-order valence-electron chi connectivity index (χ3n) is 2.85. The molecule has 0 atom stereocenters. The van der Waals surface area contributed by atoms with Crippen LogP contribution in [0, 0.1) is 0 Å². The van der Waals surface area contributed by atoms with Crippen LogP contribution in [0.4, 0.5) is 22.0 Å². The van der Waals surface area contributed by atoms with E-state index in [2.05, 4.69) is 11.1 Å². The molecule has 21 heavy (non-hydrogen) atoms. The van der Waals surface area contributed by atoms with Crippen molar-refractivity contribution in [1.29, 1.82) is 0 Å². The van der Waals surface area contributed by atoms with Gasteiger partial charge in [-0.25, -0.2) is 8.78 Å². The maximum Gasteiger partial charge on any atom is 0.523 e. The lowest BCUT2D eigenvalue weighted by Crippen LogP contribution is -2.32. The van der Waals surface area contributed by atoms with Crippen LogP contribution >= 0.6 is 0 Å². The van der Waals surface area contributed by atoms with Crippen molar-refractivity contribution in [2.24, 2.45) is 0 Å². The first-order valence-corrected chi connectivity index (χ1v) is 8.26. The van der Waals surface area contributed by atoms with Crippen molar-refractivity contribution in [3.63, 3.8) is 0 Å². The molecule has 0 rings (SSSR count). The molecule has 0 heterocycles. The van der Waals surface area contributed by atoms with Crippen LogP contribution in [0.2, 0.25) is 0 Å². The highest BCUT2D eigenvalue weighted by Gasteiger charge is 2.48. The largest absolute Gasteiger partial charge is 0.523 e. The third kappa shape index (κ3) is 9.23. The van der Waals surface area contributed by atoms with Crippen molar-refractivity contribution < 1.29 is 34.6 Å². The van der Waals surface area contributed by atoms with E-state index in [-0.39, 0.29) is 6.42 Å². The highest BCUT2D eigenvalue weighted by molar-refractivity contribution is 7.87. The number of halogens is 5. The van der Waals surface area contributed by atoms with Crippen molar-refractivity contribution in [3.8, 4) is 0 Å². The Hall–Kier alpha value is -0.440. The first-order chi connectivity index (χ1) is 9.52. The van der Waals surface area contributed by atoms with Crippen LogP contribution in [0.5, 0.6) is 0 Å². The first kappa shape index (κ1) is 20.6. The summed E-state index contributed by atoms with van der Waals surface area (Å²) >= 11 is 0. The third-order valence-corrected chi connectivity index (χ3v) is 3.85. The minimum atomic E-state index is -5.96. The van der Waals surface area contributed by atoms with Gasteiger partial charge in [-0.1, -0.05) is 45.4 Å². The summed E-state index contributed by atoms with van der Waals surface area (Å²) in [6.07, 6.45) is 4.85. The van der Waals surface area contributed by atoms with Crippen LogP contribution in [0.1, 0.15) is 58.3 Å². The molecule has 0 saturated heterocycles. The Morgan fingerprint density at radius 1 is 0.857 bits per heavy atom. The van der Waals surface area contributed by atoms with E-state index < -0.39 is 34.6 Å². The second kappa shape index (κ2) is 8.87. The lowest BCUT2D eigenvalue weighted by atomic mass is 10.1. The second-order valence-electron chi connectivity index (χ2n) is 4.89. The molecule has 0 unspecified atom stereocenters. The van der Waals surface area contributed by atoms with Crippen LogP contribution in [-0.2, 0) is 14.3 Å². The molecule has 0 N–H and O–H groups in total. The Balaban J connectivity index is 3.94. The Labute approximate surface area is 122 Å². The molecular formula is C12H21F5O3S. The summed E-state index contributed by atoms with van der Waals surface area (Å²) in [5, 5.41) is 0. The van der Waals surface area contributed by atoms with Gasteiger partial charge in [-0.2, -0.15) is 21.6 Å². The summed E-state index contributed by atoms with van der Waals surface area (Å²) in [5.74, 6) is -3.58. The van der Waals surface area contributed by atoms with Gasteiger partial charge in [0.15, 0.2) is 0 Å². The first-order valence-electron chi connectivity index (χ1n) is 6.85. The van der Waals surface area contributed by atoms with Gasteiger partial charge in [0.2, 0.25) is 0 Å². The molecule has 0 aliphatic rings. The molecule has 0 radical (unpaired) electrons. The van der Waals surface area contributed by atoms with E-state index in [9.17, 15) is 30.4 Å². The van der Waals surface area contributed by atoms with E-state index in [4.69, 9.17) is 0 Å². The van der Waals surface area contributed by atoms with Gasteiger partial charge < -0.3 is 0 Å². The normalized spacial score (nSPS) is 13.6. The van der Waals surface area contributed by atoms with Gasteiger partial charge in [0.25, 0.3) is 5.92 Å². The van der Waals surface area contributed by atoms with Gasteiger partial charge in [-0.3, -0.25) is 4.18 Å². The smallest absolute Gasteiger partial charge is 0.257 e. The van der Waals surface area contributed by atoms with E-state index in [1.165, 1.54) is 0 Å². The quantitative estimate of drug-likeness (QED) is 0.238. The van der Waals surface area contributed by atoms with E-state index in [1.54, 1.807) is 0 Å². The van der Waals surface area contributed by atoms with Gasteiger partial charge in [-0.05, 0) is 6.42 Å². The van der Waals surface area contributed by atoms with Crippen molar-refractivity contribution >= 4 is 10.1 Å². The fraction of sp³-hybridized carbons (Fsp3) is 1.00. The molecule has 0 aromatic rings. The van der Waals surface area contributed by atoms with Crippen LogP contribution in [0.15, 0.2) is 0 Å². The summed E-state index contributed by atoms with van der Waals surface area (Å²) < 4.78 is 86.5.